The van der Waals surface area contributed by atoms with Crippen LogP contribution in [-0.2, 0) is 0 Å². The van der Waals surface area contributed by atoms with Gasteiger partial charge in [0, 0.05) is 18.4 Å². The van der Waals surface area contributed by atoms with E-state index < -0.39 is 5.97 Å². The Bertz CT molecular complexity index is 445. The van der Waals surface area contributed by atoms with E-state index in [1.54, 1.807) is 0 Å². The zero-order valence-electron chi connectivity index (χ0n) is 10.9. The molecule has 0 spiro atoms. The normalized spacial score (nSPS) is 23.0. The van der Waals surface area contributed by atoms with Gasteiger partial charge in [-0.1, -0.05) is 19.8 Å². The van der Waals surface area contributed by atoms with Gasteiger partial charge in [0.1, 0.15) is 5.56 Å². The fraction of sp³-hybridized carbons (Fsp3) is 0.571. The summed E-state index contributed by atoms with van der Waals surface area (Å²) in [6.07, 6.45) is 5.24. The fourth-order valence-electron chi connectivity index (χ4n) is 2.64. The summed E-state index contributed by atoms with van der Waals surface area (Å²) in [5, 5.41) is 12.4. The van der Waals surface area contributed by atoms with Crippen LogP contribution in [0.1, 0.15) is 42.2 Å². The number of carboxylic acid groups (broad SMARTS) is 1. The molecule has 2 atom stereocenters. The van der Waals surface area contributed by atoms with Crippen molar-refractivity contribution in [3.63, 3.8) is 0 Å². The van der Waals surface area contributed by atoms with Crippen LogP contribution in [-0.4, -0.2) is 22.6 Å². The molecule has 2 rings (SSSR count). The van der Waals surface area contributed by atoms with Crippen molar-refractivity contribution in [1.82, 2.24) is 4.98 Å². The molecule has 0 saturated heterocycles. The molecular formula is C14H20N2O2. The average molecular weight is 248 g/mol. The standard InChI is InChI=1S/C14H20N2O2/c1-9-4-3-5-11(9)7-16-13-6-10(2)15-8-12(13)14(17)18/h6,8-9,11H,3-5,7H2,1-2H3,(H,15,16)(H,17,18). The number of nitrogens with one attached hydrogen (secondary N) is 1. The molecule has 2 N–H and O–H groups in total. The van der Waals surface area contributed by atoms with E-state index in [1.807, 2.05) is 13.0 Å². The van der Waals surface area contributed by atoms with Crippen LogP contribution in [0.15, 0.2) is 12.3 Å². The van der Waals surface area contributed by atoms with Crippen LogP contribution in [0.3, 0.4) is 0 Å². The fourth-order valence-corrected chi connectivity index (χ4v) is 2.64. The molecule has 0 bridgehead atoms. The van der Waals surface area contributed by atoms with E-state index in [0.29, 0.717) is 11.6 Å². The second-order valence-electron chi connectivity index (χ2n) is 5.23. The summed E-state index contributed by atoms with van der Waals surface area (Å²) in [7, 11) is 0. The smallest absolute Gasteiger partial charge is 0.339 e. The second-order valence-corrected chi connectivity index (χ2v) is 5.23. The Morgan fingerprint density at radius 3 is 2.94 bits per heavy atom. The van der Waals surface area contributed by atoms with E-state index in [0.717, 1.165) is 18.2 Å². The van der Waals surface area contributed by atoms with Crippen LogP contribution >= 0.6 is 0 Å². The quantitative estimate of drug-likeness (QED) is 0.860. The van der Waals surface area contributed by atoms with Crippen molar-refractivity contribution in [3.8, 4) is 0 Å². The summed E-state index contributed by atoms with van der Waals surface area (Å²) in [4.78, 5) is 15.1. The Labute approximate surface area is 107 Å². The maximum absolute atomic E-state index is 11.1. The molecule has 98 valence electrons. The molecule has 1 heterocycles. The zero-order valence-corrected chi connectivity index (χ0v) is 10.9. The summed E-state index contributed by atoms with van der Waals surface area (Å²) in [6, 6.07) is 1.81. The Morgan fingerprint density at radius 1 is 1.56 bits per heavy atom. The summed E-state index contributed by atoms with van der Waals surface area (Å²) >= 11 is 0. The predicted octanol–water partition coefficient (Wildman–Crippen LogP) is 2.94. The number of aromatic nitrogens is 1. The topological polar surface area (TPSA) is 62.2 Å². The molecule has 0 aliphatic heterocycles. The summed E-state index contributed by atoms with van der Waals surface area (Å²) in [6.45, 7) is 5.00. The second kappa shape index (κ2) is 5.38. The number of aryl methyl sites for hydroxylation is 1. The minimum absolute atomic E-state index is 0.256. The van der Waals surface area contributed by atoms with Crippen LogP contribution < -0.4 is 5.32 Å². The van der Waals surface area contributed by atoms with Gasteiger partial charge in [-0.15, -0.1) is 0 Å². The number of hydrogen-bond donors (Lipinski definition) is 2. The number of pyridine rings is 1. The minimum Gasteiger partial charge on any atom is -0.478 e. The van der Waals surface area contributed by atoms with Gasteiger partial charge in [0.25, 0.3) is 0 Å². The molecule has 4 heteroatoms. The van der Waals surface area contributed by atoms with E-state index >= 15 is 0 Å². The maximum atomic E-state index is 11.1. The van der Waals surface area contributed by atoms with Crippen LogP contribution in [0.25, 0.3) is 0 Å². The van der Waals surface area contributed by atoms with Gasteiger partial charge in [0.15, 0.2) is 0 Å². The lowest BCUT2D eigenvalue weighted by Gasteiger charge is -2.17. The van der Waals surface area contributed by atoms with Crippen LogP contribution in [0.2, 0.25) is 0 Å². The molecule has 1 saturated carbocycles. The molecule has 0 amide bonds. The molecule has 4 nitrogen and oxygen atoms in total. The van der Waals surface area contributed by atoms with Gasteiger partial charge < -0.3 is 10.4 Å². The number of nitrogens with zero attached hydrogens (tertiary/aromatic N) is 1. The molecule has 1 aromatic rings. The number of anilines is 1. The van der Waals surface area contributed by atoms with Gasteiger partial charge in [0.05, 0.1) is 5.69 Å². The van der Waals surface area contributed by atoms with Crippen molar-refractivity contribution in [3.05, 3.63) is 23.5 Å². The third kappa shape index (κ3) is 2.81. The third-order valence-corrected chi connectivity index (χ3v) is 3.86. The first-order chi connectivity index (χ1) is 8.58. The highest BCUT2D eigenvalue weighted by molar-refractivity contribution is 5.93. The summed E-state index contributed by atoms with van der Waals surface area (Å²) < 4.78 is 0. The first kappa shape index (κ1) is 12.9. The number of carbonyl (C=O) groups is 1. The van der Waals surface area contributed by atoms with Crippen molar-refractivity contribution in [1.29, 1.82) is 0 Å². The average Bonchev–Trinajstić information content (AvgIpc) is 2.72. The molecule has 1 aliphatic rings. The minimum atomic E-state index is -0.926. The Morgan fingerprint density at radius 2 is 2.33 bits per heavy atom. The first-order valence-corrected chi connectivity index (χ1v) is 6.51. The lowest BCUT2D eigenvalue weighted by molar-refractivity contribution is 0.0697. The molecule has 0 radical (unpaired) electrons. The summed E-state index contributed by atoms with van der Waals surface area (Å²) in [5.41, 5.74) is 1.78. The molecule has 18 heavy (non-hydrogen) atoms. The Balaban J connectivity index is 2.08. The third-order valence-electron chi connectivity index (χ3n) is 3.86. The van der Waals surface area contributed by atoms with E-state index in [1.165, 1.54) is 25.5 Å². The monoisotopic (exact) mass is 248 g/mol. The summed E-state index contributed by atoms with van der Waals surface area (Å²) in [5.74, 6) is 0.457. The molecule has 1 aromatic heterocycles. The molecular weight excluding hydrogens is 228 g/mol. The predicted molar refractivity (Wildman–Crippen MR) is 70.9 cm³/mol. The molecule has 1 fully saturated rings. The van der Waals surface area contributed by atoms with Crippen LogP contribution in [0.5, 0.6) is 0 Å². The highest BCUT2D eigenvalue weighted by Gasteiger charge is 2.23. The molecule has 2 unspecified atom stereocenters. The van der Waals surface area contributed by atoms with Crippen LogP contribution in [0.4, 0.5) is 5.69 Å². The Kier molecular flexibility index (Phi) is 3.84. The number of hydrogen-bond acceptors (Lipinski definition) is 3. The zero-order chi connectivity index (χ0) is 13.1. The Hall–Kier alpha value is -1.58. The van der Waals surface area contributed by atoms with E-state index in [-0.39, 0.29) is 5.56 Å². The first-order valence-electron chi connectivity index (χ1n) is 6.51. The van der Waals surface area contributed by atoms with E-state index in [9.17, 15) is 4.79 Å². The maximum Gasteiger partial charge on any atom is 0.339 e. The molecule has 1 aliphatic carbocycles. The van der Waals surface area contributed by atoms with Gasteiger partial charge >= 0.3 is 5.97 Å². The van der Waals surface area contributed by atoms with Crippen molar-refractivity contribution >= 4 is 11.7 Å². The molecule has 0 aromatic carbocycles. The van der Waals surface area contributed by atoms with Gasteiger partial charge in [-0.25, -0.2) is 4.79 Å². The lowest BCUT2D eigenvalue weighted by Crippen LogP contribution is -2.18. The van der Waals surface area contributed by atoms with Gasteiger partial charge in [-0.3, -0.25) is 4.98 Å². The van der Waals surface area contributed by atoms with Crippen LogP contribution in [0, 0.1) is 18.8 Å². The van der Waals surface area contributed by atoms with Crippen molar-refractivity contribution in [2.24, 2.45) is 11.8 Å². The van der Waals surface area contributed by atoms with Crippen molar-refractivity contribution in [2.75, 3.05) is 11.9 Å². The number of aromatic carboxylic acids is 1. The van der Waals surface area contributed by atoms with Crippen molar-refractivity contribution < 1.29 is 9.90 Å². The van der Waals surface area contributed by atoms with Crippen molar-refractivity contribution in [2.45, 2.75) is 33.1 Å². The van der Waals surface area contributed by atoms with E-state index in [4.69, 9.17) is 5.11 Å². The lowest BCUT2D eigenvalue weighted by atomic mass is 9.98. The van der Waals surface area contributed by atoms with Gasteiger partial charge in [-0.05, 0) is 31.2 Å². The SMILES string of the molecule is Cc1cc(NCC2CCCC2C)c(C(=O)O)cn1. The highest BCUT2D eigenvalue weighted by atomic mass is 16.4. The van der Waals surface area contributed by atoms with E-state index in [2.05, 4.69) is 17.2 Å². The van der Waals surface area contributed by atoms with Gasteiger partial charge in [0.2, 0.25) is 0 Å². The highest BCUT2D eigenvalue weighted by Crippen LogP contribution is 2.31. The largest absolute Gasteiger partial charge is 0.478 e. The number of carboxylic acids is 1. The number of rotatable bonds is 4. The van der Waals surface area contributed by atoms with Gasteiger partial charge in [-0.2, -0.15) is 0 Å².